The monoisotopic (exact) mass is 221 g/mol. The predicted octanol–water partition coefficient (Wildman–Crippen LogP) is 1.01. The molecule has 1 atom stereocenters. The van der Waals surface area contributed by atoms with Gasteiger partial charge in [-0.15, -0.1) is 0 Å². The average molecular weight is 221 g/mol. The summed E-state index contributed by atoms with van der Waals surface area (Å²) >= 11 is 0. The number of nitrogens with zero attached hydrogens (tertiary/aromatic N) is 2. The van der Waals surface area contributed by atoms with Crippen molar-refractivity contribution in [3.05, 3.63) is 18.0 Å². The zero-order valence-corrected chi connectivity index (χ0v) is 9.78. The smallest absolute Gasteiger partial charge is 0.137 e. The first-order valence-corrected chi connectivity index (χ1v) is 6.01. The van der Waals surface area contributed by atoms with Crippen LogP contribution in [0.25, 0.3) is 0 Å². The summed E-state index contributed by atoms with van der Waals surface area (Å²) in [7, 11) is 0. The summed E-state index contributed by atoms with van der Waals surface area (Å²) in [5.41, 5.74) is 1.04. The van der Waals surface area contributed by atoms with Crippen molar-refractivity contribution >= 4 is 5.78 Å². The number of Topliss-reactive ketones (excluding diaryl/α,β-unsaturated/α-hetero) is 1. The van der Waals surface area contributed by atoms with Gasteiger partial charge in [0.15, 0.2) is 0 Å². The Bertz CT molecular complexity index is 353. The number of hydrogen-bond donors (Lipinski definition) is 1. The third-order valence-electron chi connectivity index (χ3n) is 3.09. The fourth-order valence-electron chi connectivity index (χ4n) is 2.18. The molecular weight excluding hydrogens is 202 g/mol. The van der Waals surface area contributed by atoms with Crippen LogP contribution in [0.15, 0.2) is 12.4 Å². The van der Waals surface area contributed by atoms with Gasteiger partial charge in [0, 0.05) is 25.6 Å². The lowest BCUT2D eigenvalue weighted by Crippen LogP contribution is -2.13. The molecule has 0 aliphatic carbocycles. The lowest BCUT2D eigenvalue weighted by molar-refractivity contribution is -0.119. The molecule has 1 fully saturated rings. The molecule has 0 bridgehead atoms. The van der Waals surface area contributed by atoms with E-state index in [0.29, 0.717) is 24.5 Å². The normalized spacial score (nSPS) is 20.2. The molecule has 16 heavy (non-hydrogen) atoms. The lowest BCUT2D eigenvalue weighted by Gasteiger charge is -2.05. The van der Waals surface area contributed by atoms with Crippen molar-refractivity contribution in [3.63, 3.8) is 0 Å². The van der Waals surface area contributed by atoms with Crippen molar-refractivity contribution < 1.29 is 4.79 Å². The van der Waals surface area contributed by atoms with E-state index < -0.39 is 0 Å². The highest BCUT2D eigenvalue weighted by molar-refractivity contribution is 5.81. The topological polar surface area (TPSA) is 46.9 Å². The molecule has 0 amide bonds. The fraction of sp³-hybridized carbons (Fsp3) is 0.667. The number of hydrogen-bond acceptors (Lipinski definition) is 3. The number of carbonyl (C=O) groups excluding carboxylic acids is 1. The molecule has 1 aliphatic heterocycles. The molecule has 0 radical (unpaired) electrons. The van der Waals surface area contributed by atoms with Crippen molar-refractivity contribution in [3.8, 4) is 0 Å². The number of carbonyl (C=O) groups is 1. The Balaban J connectivity index is 1.81. The largest absolute Gasteiger partial charge is 0.316 e. The van der Waals surface area contributed by atoms with E-state index in [1.54, 1.807) is 6.20 Å². The van der Waals surface area contributed by atoms with Crippen LogP contribution >= 0.6 is 0 Å². The van der Waals surface area contributed by atoms with E-state index in [1.807, 2.05) is 17.8 Å². The van der Waals surface area contributed by atoms with E-state index in [4.69, 9.17) is 0 Å². The van der Waals surface area contributed by atoms with Crippen LogP contribution in [0.1, 0.15) is 25.3 Å². The molecule has 1 aromatic rings. The molecule has 2 heterocycles. The minimum Gasteiger partial charge on any atom is -0.316 e. The Morgan fingerprint density at radius 2 is 2.56 bits per heavy atom. The van der Waals surface area contributed by atoms with Gasteiger partial charge in [-0.25, -0.2) is 0 Å². The zero-order chi connectivity index (χ0) is 11.4. The van der Waals surface area contributed by atoms with E-state index in [1.165, 1.54) is 0 Å². The Morgan fingerprint density at radius 1 is 1.69 bits per heavy atom. The molecule has 0 aromatic carbocycles. The summed E-state index contributed by atoms with van der Waals surface area (Å²) in [4.78, 5) is 11.8. The van der Waals surface area contributed by atoms with E-state index in [0.717, 1.165) is 31.6 Å². The van der Waals surface area contributed by atoms with Gasteiger partial charge in [0.1, 0.15) is 5.78 Å². The van der Waals surface area contributed by atoms with Gasteiger partial charge < -0.3 is 5.32 Å². The number of aryl methyl sites for hydroxylation is 1. The van der Waals surface area contributed by atoms with Crippen LogP contribution in [0.3, 0.4) is 0 Å². The van der Waals surface area contributed by atoms with Gasteiger partial charge in [-0.2, -0.15) is 5.10 Å². The molecule has 1 unspecified atom stereocenters. The van der Waals surface area contributed by atoms with Gasteiger partial charge in [-0.05, 0) is 37.9 Å². The van der Waals surface area contributed by atoms with Crippen molar-refractivity contribution in [1.29, 1.82) is 0 Å². The van der Waals surface area contributed by atoms with E-state index in [9.17, 15) is 4.79 Å². The van der Waals surface area contributed by atoms with Gasteiger partial charge in [-0.1, -0.05) is 0 Å². The summed E-state index contributed by atoms with van der Waals surface area (Å²) < 4.78 is 1.86. The quantitative estimate of drug-likeness (QED) is 0.807. The van der Waals surface area contributed by atoms with Gasteiger partial charge in [0.25, 0.3) is 0 Å². The lowest BCUT2D eigenvalue weighted by atomic mass is 9.99. The van der Waals surface area contributed by atoms with Crippen LogP contribution in [0.4, 0.5) is 0 Å². The molecular formula is C12H19N3O. The maximum Gasteiger partial charge on any atom is 0.137 e. The van der Waals surface area contributed by atoms with Gasteiger partial charge in [0.2, 0.25) is 0 Å². The van der Waals surface area contributed by atoms with Gasteiger partial charge >= 0.3 is 0 Å². The van der Waals surface area contributed by atoms with Crippen molar-refractivity contribution in [1.82, 2.24) is 15.1 Å². The number of rotatable bonds is 5. The summed E-state index contributed by atoms with van der Waals surface area (Å²) in [6.07, 6.45) is 6.15. The average Bonchev–Trinajstić information content (AvgIpc) is 2.89. The number of nitrogens with one attached hydrogen (secondary N) is 1. The summed E-state index contributed by atoms with van der Waals surface area (Å²) in [6.45, 7) is 4.97. The minimum absolute atomic E-state index is 0.337. The first-order chi connectivity index (χ1) is 7.78. The maximum atomic E-state index is 11.8. The van der Waals surface area contributed by atoms with Crippen LogP contribution in [0.2, 0.25) is 0 Å². The first kappa shape index (κ1) is 11.3. The second-order valence-electron chi connectivity index (χ2n) is 4.48. The maximum absolute atomic E-state index is 11.8. The first-order valence-electron chi connectivity index (χ1n) is 6.01. The molecule has 88 valence electrons. The third kappa shape index (κ3) is 2.92. The highest BCUT2D eigenvalue weighted by Crippen LogP contribution is 2.14. The Kier molecular flexibility index (Phi) is 3.72. The molecule has 1 N–H and O–H groups in total. The summed E-state index contributed by atoms with van der Waals surface area (Å²) in [5.74, 6) is 0.887. The second kappa shape index (κ2) is 5.25. The van der Waals surface area contributed by atoms with Crippen molar-refractivity contribution in [2.45, 2.75) is 32.7 Å². The fourth-order valence-corrected chi connectivity index (χ4v) is 2.18. The van der Waals surface area contributed by atoms with Crippen LogP contribution in [0, 0.1) is 5.92 Å². The van der Waals surface area contributed by atoms with Crippen LogP contribution < -0.4 is 5.32 Å². The predicted molar refractivity (Wildman–Crippen MR) is 62.2 cm³/mol. The molecule has 4 nitrogen and oxygen atoms in total. The summed E-state index contributed by atoms with van der Waals surface area (Å²) in [6, 6.07) is 0. The van der Waals surface area contributed by atoms with Crippen LogP contribution in [0.5, 0.6) is 0 Å². The highest BCUT2D eigenvalue weighted by atomic mass is 16.1. The Hall–Kier alpha value is -1.16. The molecule has 1 aliphatic rings. The van der Waals surface area contributed by atoms with Gasteiger partial charge in [0.05, 0.1) is 6.20 Å². The van der Waals surface area contributed by atoms with Gasteiger partial charge in [-0.3, -0.25) is 9.48 Å². The highest BCUT2D eigenvalue weighted by Gasteiger charge is 2.18. The van der Waals surface area contributed by atoms with Crippen LogP contribution in [-0.2, 0) is 17.8 Å². The third-order valence-corrected chi connectivity index (χ3v) is 3.09. The molecule has 0 saturated carbocycles. The SMILES string of the molecule is CCn1cc(CC(=O)CC2CCNC2)cn1. The Morgan fingerprint density at radius 3 is 3.19 bits per heavy atom. The molecule has 1 saturated heterocycles. The van der Waals surface area contributed by atoms with E-state index in [-0.39, 0.29) is 0 Å². The minimum atomic E-state index is 0.337. The van der Waals surface area contributed by atoms with Crippen molar-refractivity contribution in [2.75, 3.05) is 13.1 Å². The molecule has 2 rings (SSSR count). The van der Waals surface area contributed by atoms with Crippen LogP contribution in [-0.4, -0.2) is 28.7 Å². The second-order valence-corrected chi connectivity index (χ2v) is 4.48. The molecule has 4 heteroatoms. The summed E-state index contributed by atoms with van der Waals surface area (Å²) in [5, 5.41) is 7.46. The zero-order valence-electron chi connectivity index (χ0n) is 9.78. The molecule has 1 aromatic heterocycles. The standard InChI is InChI=1S/C12H19N3O/c1-2-15-9-11(8-14-15)6-12(16)5-10-3-4-13-7-10/h8-10,13H,2-7H2,1H3. The van der Waals surface area contributed by atoms with Crippen molar-refractivity contribution in [2.24, 2.45) is 5.92 Å². The molecule has 0 spiro atoms. The van der Waals surface area contributed by atoms with E-state index >= 15 is 0 Å². The van der Waals surface area contributed by atoms with E-state index in [2.05, 4.69) is 10.4 Å². The number of ketones is 1. The Labute approximate surface area is 96.0 Å². The number of aromatic nitrogens is 2.